The van der Waals surface area contributed by atoms with E-state index in [1.807, 2.05) is 0 Å². The summed E-state index contributed by atoms with van der Waals surface area (Å²) >= 11 is 0. The number of anilines is 1. The van der Waals surface area contributed by atoms with Crippen LogP contribution in [0.25, 0.3) is 0 Å². The maximum Gasteiger partial charge on any atom is 0.337 e. The number of nitrogen functional groups attached to an aromatic ring is 1. The lowest BCUT2D eigenvalue weighted by Crippen LogP contribution is -2.46. The zero-order valence-corrected chi connectivity index (χ0v) is 8.39. The molecule has 1 unspecified atom stereocenters. The van der Waals surface area contributed by atoms with Crippen LogP contribution >= 0.6 is 0 Å². The van der Waals surface area contributed by atoms with E-state index >= 15 is 0 Å². The molecule has 16 heavy (non-hydrogen) atoms. The Bertz CT molecular complexity index is 413. The van der Waals surface area contributed by atoms with Crippen molar-refractivity contribution in [3.05, 3.63) is 5.82 Å². The van der Waals surface area contributed by atoms with Crippen LogP contribution in [0.3, 0.4) is 0 Å². The van der Waals surface area contributed by atoms with E-state index in [2.05, 4.69) is 20.5 Å². The van der Waals surface area contributed by atoms with Crippen molar-refractivity contribution < 1.29 is 19.8 Å². The third kappa shape index (κ3) is 2.67. The number of carboxylic acid groups (broad SMARTS) is 1. The van der Waals surface area contributed by atoms with E-state index in [4.69, 9.17) is 10.8 Å². The molecule has 0 aliphatic rings. The number of hydrogen-bond donors (Lipinski definition) is 5. The standard InChI is InChI=1S/C7H11N5O4/c1-7(16,5(14)15)2-9-4(13)3-10-6(8)12-11-3/h16H,2H2,1H3,(H,9,13)(H,14,15)(H3,8,10,11,12). The molecule has 0 aromatic carbocycles. The molecular weight excluding hydrogens is 218 g/mol. The molecule has 6 N–H and O–H groups in total. The smallest absolute Gasteiger partial charge is 0.337 e. The van der Waals surface area contributed by atoms with Crippen molar-refractivity contribution in [2.24, 2.45) is 0 Å². The first-order chi connectivity index (χ1) is 7.33. The predicted molar refractivity (Wildman–Crippen MR) is 51.4 cm³/mol. The number of nitrogens with two attached hydrogens (primary N) is 1. The van der Waals surface area contributed by atoms with Gasteiger partial charge in [0.25, 0.3) is 5.91 Å². The molecule has 1 aromatic heterocycles. The number of carbonyl (C=O) groups is 2. The number of rotatable bonds is 4. The molecule has 0 spiro atoms. The van der Waals surface area contributed by atoms with Gasteiger partial charge in [-0.25, -0.2) is 4.79 Å². The number of aromatic nitrogens is 3. The van der Waals surface area contributed by atoms with Crippen LogP contribution < -0.4 is 11.1 Å². The third-order valence-corrected chi connectivity index (χ3v) is 1.77. The van der Waals surface area contributed by atoms with E-state index in [9.17, 15) is 14.7 Å². The molecule has 0 saturated heterocycles. The highest BCUT2D eigenvalue weighted by atomic mass is 16.4. The molecule has 0 aliphatic heterocycles. The number of amides is 1. The Morgan fingerprint density at radius 1 is 1.62 bits per heavy atom. The summed E-state index contributed by atoms with van der Waals surface area (Å²) in [5.41, 5.74) is 3.13. The van der Waals surface area contributed by atoms with Crippen LogP contribution in [0.4, 0.5) is 5.95 Å². The molecule has 1 heterocycles. The number of nitrogens with zero attached hydrogens (tertiary/aromatic N) is 2. The number of carboxylic acids is 1. The van der Waals surface area contributed by atoms with Gasteiger partial charge in [0.15, 0.2) is 5.60 Å². The quantitative estimate of drug-likeness (QED) is 0.398. The lowest BCUT2D eigenvalue weighted by molar-refractivity contribution is -0.155. The van der Waals surface area contributed by atoms with Crippen LogP contribution in [0.1, 0.15) is 17.5 Å². The van der Waals surface area contributed by atoms with Crippen molar-refractivity contribution in [3.63, 3.8) is 0 Å². The van der Waals surface area contributed by atoms with E-state index in [0.717, 1.165) is 6.92 Å². The second kappa shape index (κ2) is 4.14. The van der Waals surface area contributed by atoms with Gasteiger partial charge in [0.1, 0.15) is 0 Å². The first-order valence-electron chi connectivity index (χ1n) is 4.25. The molecule has 0 saturated carbocycles. The first kappa shape index (κ1) is 11.9. The summed E-state index contributed by atoms with van der Waals surface area (Å²) in [6.45, 7) is 0.603. The summed E-state index contributed by atoms with van der Waals surface area (Å²) in [5.74, 6) is -2.40. The fourth-order valence-corrected chi connectivity index (χ4v) is 0.788. The van der Waals surface area contributed by atoms with Gasteiger partial charge in [0, 0.05) is 0 Å². The summed E-state index contributed by atoms with van der Waals surface area (Å²) in [6.07, 6.45) is 0. The lowest BCUT2D eigenvalue weighted by Gasteiger charge is -2.17. The Labute approximate surface area is 89.7 Å². The molecule has 1 aromatic rings. The Morgan fingerprint density at radius 3 is 2.69 bits per heavy atom. The number of carbonyl (C=O) groups excluding carboxylic acids is 1. The van der Waals surface area contributed by atoms with Crippen LogP contribution in [0.15, 0.2) is 0 Å². The van der Waals surface area contributed by atoms with Crippen molar-refractivity contribution in [1.29, 1.82) is 0 Å². The number of hydrogen-bond acceptors (Lipinski definition) is 6. The maximum absolute atomic E-state index is 11.3. The SMILES string of the molecule is CC(O)(CNC(=O)c1nc(N)n[nH]1)C(=O)O. The number of aliphatic carboxylic acids is 1. The molecule has 1 amide bonds. The minimum Gasteiger partial charge on any atom is -0.479 e. The highest BCUT2D eigenvalue weighted by Crippen LogP contribution is 2.01. The number of aliphatic hydroxyl groups is 1. The van der Waals surface area contributed by atoms with Gasteiger partial charge in [-0.2, -0.15) is 4.98 Å². The molecule has 1 rings (SSSR count). The molecule has 0 fully saturated rings. The van der Waals surface area contributed by atoms with Gasteiger partial charge in [0.2, 0.25) is 11.8 Å². The van der Waals surface area contributed by atoms with Crippen LogP contribution in [0, 0.1) is 0 Å². The molecule has 88 valence electrons. The molecular formula is C7H11N5O4. The zero-order valence-electron chi connectivity index (χ0n) is 8.39. The van der Waals surface area contributed by atoms with Crippen LogP contribution in [0.2, 0.25) is 0 Å². The van der Waals surface area contributed by atoms with Gasteiger partial charge >= 0.3 is 5.97 Å². The topological polar surface area (TPSA) is 154 Å². The van der Waals surface area contributed by atoms with E-state index in [1.165, 1.54) is 0 Å². The van der Waals surface area contributed by atoms with Gasteiger partial charge in [-0.15, -0.1) is 5.10 Å². The third-order valence-electron chi connectivity index (χ3n) is 1.77. The number of aromatic amines is 1. The fraction of sp³-hybridized carbons (Fsp3) is 0.429. The predicted octanol–water partition coefficient (Wildman–Crippen LogP) is -2.05. The van der Waals surface area contributed by atoms with E-state index in [0.29, 0.717) is 0 Å². The molecule has 9 heteroatoms. The van der Waals surface area contributed by atoms with Crippen LogP contribution in [0.5, 0.6) is 0 Å². The average Bonchev–Trinajstić information content (AvgIpc) is 2.61. The first-order valence-corrected chi connectivity index (χ1v) is 4.25. The Hall–Kier alpha value is -2.16. The normalized spacial score (nSPS) is 14.1. The molecule has 0 bridgehead atoms. The Kier molecular flexibility index (Phi) is 3.09. The van der Waals surface area contributed by atoms with Crippen LogP contribution in [-0.2, 0) is 4.79 Å². The highest BCUT2D eigenvalue weighted by molar-refractivity contribution is 5.91. The minimum atomic E-state index is -2.04. The Balaban J connectivity index is 2.57. The van der Waals surface area contributed by atoms with Gasteiger partial charge in [-0.05, 0) is 6.92 Å². The van der Waals surface area contributed by atoms with Crippen molar-refractivity contribution >= 4 is 17.8 Å². The fourth-order valence-electron chi connectivity index (χ4n) is 0.788. The van der Waals surface area contributed by atoms with Gasteiger partial charge in [0.05, 0.1) is 6.54 Å². The van der Waals surface area contributed by atoms with E-state index in [-0.39, 0.29) is 11.8 Å². The van der Waals surface area contributed by atoms with E-state index < -0.39 is 24.0 Å². The van der Waals surface area contributed by atoms with Gasteiger partial charge in [-0.1, -0.05) is 0 Å². The Morgan fingerprint density at radius 2 is 2.25 bits per heavy atom. The molecule has 0 radical (unpaired) electrons. The van der Waals surface area contributed by atoms with Crippen LogP contribution in [-0.4, -0.2) is 49.4 Å². The molecule has 0 aliphatic carbocycles. The average molecular weight is 229 g/mol. The van der Waals surface area contributed by atoms with Gasteiger partial charge < -0.3 is 21.3 Å². The minimum absolute atomic E-state index is 0.102. The zero-order chi connectivity index (χ0) is 12.3. The van der Waals surface area contributed by atoms with Crippen molar-refractivity contribution in [2.75, 3.05) is 12.3 Å². The summed E-state index contributed by atoms with van der Waals surface area (Å²) in [5, 5.41) is 25.7. The number of nitrogens with one attached hydrogen (secondary N) is 2. The summed E-state index contributed by atoms with van der Waals surface area (Å²) in [7, 11) is 0. The maximum atomic E-state index is 11.3. The summed E-state index contributed by atoms with van der Waals surface area (Å²) in [4.78, 5) is 25.4. The van der Waals surface area contributed by atoms with Crippen molar-refractivity contribution in [2.45, 2.75) is 12.5 Å². The second-order valence-electron chi connectivity index (χ2n) is 3.30. The molecule has 9 nitrogen and oxygen atoms in total. The van der Waals surface area contributed by atoms with Crippen molar-refractivity contribution in [3.8, 4) is 0 Å². The van der Waals surface area contributed by atoms with Gasteiger partial charge in [-0.3, -0.25) is 9.89 Å². The summed E-state index contributed by atoms with van der Waals surface area (Å²) in [6, 6.07) is 0. The monoisotopic (exact) mass is 229 g/mol. The van der Waals surface area contributed by atoms with Crippen molar-refractivity contribution in [1.82, 2.24) is 20.5 Å². The summed E-state index contributed by atoms with van der Waals surface area (Å²) < 4.78 is 0. The molecule has 1 atom stereocenters. The largest absolute Gasteiger partial charge is 0.479 e. The lowest BCUT2D eigenvalue weighted by atomic mass is 10.1. The second-order valence-corrected chi connectivity index (χ2v) is 3.30. The number of H-pyrrole nitrogens is 1. The highest BCUT2D eigenvalue weighted by Gasteiger charge is 2.30. The van der Waals surface area contributed by atoms with E-state index in [1.54, 1.807) is 0 Å².